The first kappa shape index (κ1) is 15.4. The Kier molecular flexibility index (Phi) is 4.11. The van der Waals surface area contributed by atoms with Gasteiger partial charge in [0.25, 0.3) is 0 Å². The Morgan fingerprint density at radius 3 is 2.21 bits per heavy atom. The molecule has 2 aromatic rings. The van der Waals surface area contributed by atoms with Crippen LogP contribution in [0.25, 0.3) is 0 Å². The molecule has 0 radical (unpaired) electrons. The molecule has 2 aliphatic rings. The average molecular weight is 321 g/mol. The van der Waals surface area contributed by atoms with E-state index >= 15 is 0 Å². The zero-order valence-corrected chi connectivity index (χ0v) is 13.8. The van der Waals surface area contributed by atoms with E-state index in [4.69, 9.17) is 4.74 Å². The van der Waals surface area contributed by atoms with Crippen molar-refractivity contribution in [3.63, 3.8) is 0 Å². The fraction of sp³-hybridized carbons (Fsp3) is 0.381. The van der Waals surface area contributed by atoms with Gasteiger partial charge in [0.1, 0.15) is 0 Å². The Labute approximate surface area is 143 Å². The van der Waals surface area contributed by atoms with E-state index in [2.05, 4.69) is 53.8 Å². The van der Waals surface area contributed by atoms with Gasteiger partial charge < -0.3 is 10.1 Å². The standard InChI is InChI=1S/C21H23NO2/c23-20(22-15-18-12-7-13-24-18)19-14-21(19,16-8-3-1-4-9-16)17-10-5-2-6-11-17/h1-6,8-11,18-19H,7,12-15H2,(H,22,23)/t18-,19+/m0/s1. The van der Waals surface area contributed by atoms with Crippen molar-refractivity contribution in [3.05, 3.63) is 71.8 Å². The summed E-state index contributed by atoms with van der Waals surface area (Å²) in [5.41, 5.74) is 2.28. The third kappa shape index (κ3) is 2.73. The van der Waals surface area contributed by atoms with Crippen molar-refractivity contribution >= 4 is 5.91 Å². The molecule has 3 nitrogen and oxygen atoms in total. The van der Waals surface area contributed by atoms with Crippen LogP contribution < -0.4 is 5.32 Å². The minimum atomic E-state index is -0.177. The third-order valence-corrected chi connectivity index (χ3v) is 5.38. The molecule has 1 amide bonds. The molecule has 2 aromatic carbocycles. The first-order chi connectivity index (χ1) is 11.8. The Hall–Kier alpha value is -2.13. The lowest BCUT2D eigenvalue weighted by atomic mass is 9.85. The lowest BCUT2D eigenvalue weighted by Crippen LogP contribution is -2.34. The number of carbonyl (C=O) groups is 1. The highest BCUT2D eigenvalue weighted by molar-refractivity contribution is 5.86. The highest BCUT2D eigenvalue weighted by Gasteiger charge is 2.60. The molecule has 2 atom stereocenters. The van der Waals surface area contributed by atoms with Gasteiger partial charge >= 0.3 is 0 Å². The van der Waals surface area contributed by atoms with Crippen LogP contribution in [0, 0.1) is 5.92 Å². The first-order valence-corrected chi connectivity index (χ1v) is 8.81. The summed E-state index contributed by atoms with van der Waals surface area (Å²) in [4.78, 5) is 12.8. The Balaban J connectivity index is 1.54. The molecule has 0 aromatic heterocycles. The van der Waals surface area contributed by atoms with Gasteiger partial charge in [0, 0.05) is 18.6 Å². The summed E-state index contributed by atoms with van der Waals surface area (Å²) in [5.74, 6) is 0.155. The Morgan fingerprint density at radius 2 is 1.67 bits per heavy atom. The fourth-order valence-corrected chi connectivity index (χ4v) is 4.00. The number of hydrogen-bond donors (Lipinski definition) is 1. The zero-order valence-electron chi connectivity index (χ0n) is 13.8. The minimum Gasteiger partial charge on any atom is -0.376 e. The zero-order chi connectivity index (χ0) is 16.4. The van der Waals surface area contributed by atoms with Crippen molar-refractivity contribution in [2.45, 2.75) is 30.8 Å². The van der Waals surface area contributed by atoms with Crippen LogP contribution in [0.5, 0.6) is 0 Å². The molecular formula is C21H23NO2. The van der Waals surface area contributed by atoms with Crippen molar-refractivity contribution in [1.29, 1.82) is 0 Å². The highest BCUT2D eigenvalue weighted by atomic mass is 16.5. The Bertz CT molecular complexity index is 653. The molecule has 1 aliphatic heterocycles. The summed E-state index contributed by atoms with van der Waals surface area (Å²) in [6, 6.07) is 20.8. The highest BCUT2D eigenvalue weighted by Crippen LogP contribution is 2.58. The van der Waals surface area contributed by atoms with Crippen LogP contribution in [0.1, 0.15) is 30.4 Å². The molecule has 1 heterocycles. The molecule has 0 bridgehead atoms. The first-order valence-electron chi connectivity index (χ1n) is 8.81. The van der Waals surface area contributed by atoms with Crippen LogP contribution in [0.3, 0.4) is 0 Å². The second kappa shape index (κ2) is 6.40. The van der Waals surface area contributed by atoms with E-state index in [9.17, 15) is 4.79 Å². The van der Waals surface area contributed by atoms with E-state index in [1.807, 2.05) is 12.1 Å². The van der Waals surface area contributed by atoms with E-state index in [0.29, 0.717) is 6.54 Å². The summed E-state index contributed by atoms with van der Waals surface area (Å²) in [6.45, 7) is 1.46. The van der Waals surface area contributed by atoms with E-state index < -0.39 is 0 Å². The molecule has 0 unspecified atom stereocenters. The minimum absolute atomic E-state index is 0.00343. The maximum absolute atomic E-state index is 12.8. The number of benzene rings is 2. The van der Waals surface area contributed by atoms with Crippen molar-refractivity contribution < 1.29 is 9.53 Å². The summed E-state index contributed by atoms with van der Waals surface area (Å²) in [6.07, 6.45) is 3.21. The summed E-state index contributed by atoms with van der Waals surface area (Å²) in [5, 5.41) is 3.12. The number of carbonyl (C=O) groups excluding carboxylic acids is 1. The maximum Gasteiger partial charge on any atom is 0.224 e. The van der Waals surface area contributed by atoms with Gasteiger partial charge in [-0.3, -0.25) is 4.79 Å². The molecule has 1 saturated carbocycles. The van der Waals surface area contributed by atoms with Crippen LogP contribution in [-0.4, -0.2) is 25.2 Å². The van der Waals surface area contributed by atoms with Gasteiger partial charge in [0.15, 0.2) is 0 Å². The van der Waals surface area contributed by atoms with Crippen LogP contribution in [0.15, 0.2) is 60.7 Å². The smallest absolute Gasteiger partial charge is 0.224 e. The van der Waals surface area contributed by atoms with Crippen molar-refractivity contribution in [1.82, 2.24) is 5.32 Å². The monoisotopic (exact) mass is 321 g/mol. The van der Waals surface area contributed by atoms with Gasteiger partial charge in [-0.25, -0.2) is 0 Å². The van der Waals surface area contributed by atoms with Crippen LogP contribution >= 0.6 is 0 Å². The summed E-state index contributed by atoms with van der Waals surface area (Å²) in [7, 11) is 0. The lowest BCUT2D eigenvalue weighted by molar-refractivity contribution is -0.123. The largest absolute Gasteiger partial charge is 0.376 e. The van der Waals surface area contributed by atoms with Crippen LogP contribution in [0.4, 0.5) is 0 Å². The number of amides is 1. The third-order valence-electron chi connectivity index (χ3n) is 5.38. The maximum atomic E-state index is 12.8. The number of hydrogen-bond acceptors (Lipinski definition) is 2. The molecule has 124 valence electrons. The summed E-state index contributed by atoms with van der Waals surface area (Å²) < 4.78 is 5.61. The normalized spacial score (nSPS) is 24.5. The van der Waals surface area contributed by atoms with Gasteiger partial charge in [-0.15, -0.1) is 0 Å². The molecule has 4 rings (SSSR count). The molecule has 1 N–H and O–H groups in total. The van der Waals surface area contributed by atoms with Crippen molar-refractivity contribution in [2.24, 2.45) is 5.92 Å². The SMILES string of the molecule is O=C(NC[C@@H]1CCCO1)[C@H]1CC1(c1ccccc1)c1ccccc1. The van der Waals surface area contributed by atoms with Gasteiger partial charge in [0.2, 0.25) is 5.91 Å². The van der Waals surface area contributed by atoms with Crippen molar-refractivity contribution in [3.8, 4) is 0 Å². The van der Waals surface area contributed by atoms with E-state index in [1.54, 1.807) is 0 Å². The second-order valence-corrected chi connectivity index (χ2v) is 6.84. The molecule has 24 heavy (non-hydrogen) atoms. The predicted molar refractivity (Wildman–Crippen MR) is 93.8 cm³/mol. The molecule has 1 aliphatic carbocycles. The summed E-state index contributed by atoms with van der Waals surface area (Å²) >= 11 is 0. The molecule has 3 heteroatoms. The molecule has 2 fully saturated rings. The van der Waals surface area contributed by atoms with Crippen LogP contribution in [0.2, 0.25) is 0 Å². The quantitative estimate of drug-likeness (QED) is 0.918. The lowest BCUT2D eigenvalue weighted by Gasteiger charge is -2.19. The number of nitrogens with one attached hydrogen (secondary N) is 1. The van der Waals surface area contributed by atoms with Gasteiger partial charge in [-0.2, -0.15) is 0 Å². The average Bonchev–Trinajstić information content (AvgIpc) is 3.20. The second-order valence-electron chi connectivity index (χ2n) is 6.84. The van der Waals surface area contributed by atoms with E-state index in [0.717, 1.165) is 25.9 Å². The van der Waals surface area contributed by atoms with Crippen molar-refractivity contribution in [2.75, 3.05) is 13.2 Å². The fourth-order valence-electron chi connectivity index (χ4n) is 4.00. The van der Waals surface area contributed by atoms with Gasteiger partial charge in [0.05, 0.1) is 12.0 Å². The topological polar surface area (TPSA) is 38.3 Å². The molecular weight excluding hydrogens is 298 g/mol. The van der Waals surface area contributed by atoms with Gasteiger partial charge in [-0.05, 0) is 30.4 Å². The molecule has 1 saturated heterocycles. The van der Waals surface area contributed by atoms with E-state index in [-0.39, 0.29) is 23.3 Å². The number of rotatable bonds is 5. The molecule has 0 spiro atoms. The number of ether oxygens (including phenoxy) is 1. The van der Waals surface area contributed by atoms with Crippen LogP contribution in [-0.2, 0) is 14.9 Å². The van der Waals surface area contributed by atoms with E-state index in [1.165, 1.54) is 11.1 Å². The predicted octanol–water partition coefficient (Wildman–Crippen LogP) is 3.29. The van der Waals surface area contributed by atoms with Gasteiger partial charge in [-0.1, -0.05) is 60.7 Å². The Morgan fingerprint density at radius 1 is 1.04 bits per heavy atom.